The Morgan fingerprint density at radius 3 is 2.15 bits per heavy atom. The van der Waals surface area contributed by atoms with Crippen molar-refractivity contribution in [2.75, 3.05) is 34.0 Å². The summed E-state index contributed by atoms with van der Waals surface area (Å²) in [6.07, 6.45) is 2.56. The van der Waals surface area contributed by atoms with Crippen LogP contribution >= 0.6 is 0 Å². The van der Waals surface area contributed by atoms with Gasteiger partial charge in [0.1, 0.15) is 0 Å². The highest BCUT2D eigenvalue weighted by Gasteiger charge is 2.32. The van der Waals surface area contributed by atoms with Crippen molar-refractivity contribution >= 4 is 8.80 Å². The van der Waals surface area contributed by atoms with E-state index in [1.807, 2.05) is 6.55 Å². The lowest BCUT2D eigenvalue weighted by Gasteiger charge is -2.25. The first-order valence-electron chi connectivity index (χ1n) is 4.67. The minimum atomic E-state index is -2.31. The molecule has 1 fully saturated rings. The van der Waals surface area contributed by atoms with Gasteiger partial charge in [-0.25, -0.2) is 0 Å². The van der Waals surface area contributed by atoms with E-state index >= 15 is 0 Å². The van der Waals surface area contributed by atoms with Gasteiger partial charge in [-0.15, -0.1) is 0 Å². The number of hydrogen-bond acceptors (Lipinski definition) is 4. The second kappa shape index (κ2) is 5.07. The molecule has 13 heavy (non-hydrogen) atoms. The monoisotopic (exact) mass is 205 g/mol. The molecule has 0 amide bonds. The van der Waals surface area contributed by atoms with Gasteiger partial charge in [0.2, 0.25) is 0 Å². The molecule has 0 aromatic rings. The maximum Gasteiger partial charge on any atom is 0.498 e. The van der Waals surface area contributed by atoms with E-state index in [4.69, 9.17) is 13.3 Å². The molecule has 0 unspecified atom stereocenters. The summed E-state index contributed by atoms with van der Waals surface area (Å²) in [6.45, 7) is 4.82. The average molecular weight is 205 g/mol. The molecule has 4 nitrogen and oxygen atoms in total. The van der Waals surface area contributed by atoms with Gasteiger partial charge in [-0.2, -0.15) is 0 Å². The molecule has 1 aliphatic rings. The van der Waals surface area contributed by atoms with Crippen molar-refractivity contribution in [2.45, 2.75) is 19.4 Å². The summed E-state index contributed by atoms with van der Waals surface area (Å²) in [5.74, 6) is 0. The SMILES string of the molecule is CO[Si](C)(OC)OCN1CCCC1. The van der Waals surface area contributed by atoms with Crippen LogP contribution < -0.4 is 0 Å². The van der Waals surface area contributed by atoms with E-state index in [0.29, 0.717) is 6.73 Å². The topological polar surface area (TPSA) is 30.9 Å². The zero-order chi connectivity index (χ0) is 9.73. The lowest BCUT2D eigenvalue weighted by Crippen LogP contribution is -2.43. The third kappa shape index (κ3) is 3.36. The Morgan fingerprint density at radius 2 is 1.69 bits per heavy atom. The summed E-state index contributed by atoms with van der Waals surface area (Å²) < 4.78 is 16.1. The first-order valence-corrected chi connectivity index (χ1v) is 6.89. The second-order valence-corrected chi connectivity index (χ2v) is 6.20. The Hall–Kier alpha value is 0.0569. The average Bonchev–Trinajstić information content (AvgIpc) is 2.67. The van der Waals surface area contributed by atoms with Crippen LogP contribution in [0.25, 0.3) is 0 Å². The standard InChI is InChI=1S/C8H19NO3Si/c1-10-13(3,11-2)12-8-9-6-4-5-7-9/h4-8H2,1-3H3. The van der Waals surface area contributed by atoms with Crippen LogP contribution in [0.15, 0.2) is 0 Å². The van der Waals surface area contributed by atoms with E-state index in [2.05, 4.69) is 4.90 Å². The second-order valence-electron chi connectivity index (χ2n) is 3.37. The summed E-state index contributed by atoms with van der Waals surface area (Å²) in [6, 6.07) is 0. The van der Waals surface area contributed by atoms with Crippen LogP contribution in [0.3, 0.4) is 0 Å². The number of hydrogen-bond donors (Lipinski definition) is 0. The summed E-state index contributed by atoms with van der Waals surface area (Å²) in [5.41, 5.74) is 0. The summed E-state index contributed by atoms with van der Waals surface area (Å²) in [4.78, 5) is 2.28. The van der Waals surface area contributed by atoms with E-state index in [1.54, 1.807) is 14.2 Å². The molecule has 0 saturated carbocycles. The zero-order valence-electron chi connectivity index (χ0n) is 8.71. The smallest absolute Gasteiger partial charge is 0.377 e. The molecular formula is C8H19NO3Si. The molecule has 0 aliphatic carbocycles. The van der Waals surface area contributed by atoms with Crippen LogP contribution in [0.4, 0.5) is 0 Å². The van der Waals surface area contributed by atoms with Crippen LogP contribution in [-0.2, 0) is 13.3 Å². The molecule has 0 aromatic carbocycles. The van der Waals surface area contributed by atoms with Crippen molar-refractivity contribution in [2.24, 2.45) is 0 Å². The van der Waals surface area contributed by atoms with Gasteiger partial charge in [0.25, 0.3) is 0 Å². The minimum absolute atomic E-state index is 0.643. The van der Waals surface area contributed by atoms with E-state index in [9.17, 15) is 0 Å². The van der Waals surface area contributed by atoms with Gasteiger partial charge in [-0.05, 0) is 12.8 Å². The van der Waals surface area contributed by atoms with Crippen LogP contribution in [-0.4, -0.2) is 47.7 Å². The van der Waals surface area contributed by atoms with E-state index < -0.39 is 8.80 Å². The Labute approximate surface area is 81.1 Å². The van der Waals surface area contributed by atoms with Crippen LogP contribution in [0.5, 0.6) is 0 Å². The summed E-state index contributed by atoms with van der Waals surface area (Å²) in [7, 11) is 0.971. The molecule has 78 valence electrons. The molecule has 0 bridgehead atoms. The Balaban J connectivity index is 2.22. The molecule has 1 rings (SSSR count). The molecule has 5 heteroatoms. The lowest BCUT2D eigenvalue weighted by atomic mass is 10.4. The number of rotatable bonds is 5. The maximum atomic E-state index is 5.63. The first-order chi connectivity index (χ1) is 6.20. The fourth-order valence-corrected chi connectivity index (χ4v) is 2.14. The van der Waals surface area contributed by atoms with E-state index in [-0.39, 0.29) is 0 Å². The third-order valence-electron chi connectivity index (χ3n) is 2.45. The highest BCUT2D eigenvalue weighted by molar-refractivity contribution is 6.59. The predicted octanol–water partition coefficient (Wildman–Crippen LogP) is 0.918. The minimum Gasteiger partial charge on any atom is -0.377 e. The van der Waals surface area contributed by atoms with Gasteiger partial charge >= 0.3 is 8.80 Å². The van der Waals surface area contributed by atoms with Gasteiger partial charge in [0, 0.05) is 33.9 Å². The lowest BCUT2D eigenvalue weighted by molar-refractivity contribution is 0.0518. The van der Waals surface area contributed by atoms with Crippen molar-refractivity contribution in [3.63, 3.8) is 0 Å². The predicted molar refractivity (Wildman–Crippen MR) is 52.4 cm³/mol. The van der Waals surface area contributed by atoms with Crippen molar-refractivity contribution < 1.29 is 13.3 Å². The molecule has 0 radical (unpaired) electrons. The fourth-order valence-electron chi connectivity index (χ4n) is 1.32. The molecule has 1 saturated heterocycles. The quantitative estimate of drug-likeness (QED) is 0.624. The largest absolute Gasteiger partial charge is 0.498 e. The molecule has 0 N–H and O–H groups in total. The summed E-state index contributed by atoms with van der Waals surface area (Å²) in [5, 5.41) is 0. The summed E-state index contributed by atoms with van der Waals surface area (Å²) >= 11 is 0. The Morgan fingerprint density at radius 1 is 1.15 bits per heavy atom. The maximum absolute atomic E-state index is 5.63. The Bertz CT molecular complexity index is 146. The Kier molecular flexibility index (Phi) is 4.34. The van der Waals surface area contributed by atoms with Crippen molar-refractivity contribution in [1.29, 1.82) is 0 Å². The highest BCUT2D eigenvalue weighted by atomic mass is 28.4. The van der Waals surface area contributed by atoms with Gasteiger partial charge < -0.3 is 13.3 Å². The zero-order valence-corrected chi connectivity index (χ0v) is 9.71. The third-order valence-corrected chi connectivity index (χ3v) is 4.59. The number of likely N-dealkylation sites (tertiary alicyclic amines) is 1. The fraction of sp³-hybridized carbons (Fsp3) is 1.00. The van der Waals surface area contributed by atoms with Crippen molar-refractivity contribution in [1.82, 2.24) is 4.90 Å². The van der Waals surface area contributed by atoms with Crippen LogP contribution in [0.2, 0.25) is 6.55 Å². The van der Waals surface area contributed by atoms with Gasteiger partial charge in [0.05, 0.1) is 6.73 Å². The highest BCUT2D eigenvalue weighted by Crippen LogP contribution is 2.11. The molecular weight excluding hydrogens is 186 g/mol. The van der Waals surface area contributed by atoms with Gasteiger partial charge in [-0.1, -0.05) is 0 Å². The first kappa shape index (κ1) is 11.1. The molecule has 0 spiro atoms. The van der Waals surface area contributed by atoms with Crippen LogP contribution in [0, 0.1) is 0 Å². The van der Waals surface area contributed by atoms with Crippen molar-refractivity contribution in [3.8, 4) is 0 Å². The molecule has 1 aliphatic heterocycles. The van der Waals surface area contributed by atoms with Crippen molar-refractivity contribution in [3.05, 3.63) is 0 Å². The van der Waals surface area contributed by atoms with Gasteiger partial charge in [-0.3, -0.25) is 4.90 Å². The van der Waals surface area contributed by atoms with Gasteiger partial charge in [0.15, 0.2) is 0 Å². The molecule has 0 atom stereocenters. The normalized spacial score (nSPS) is 19.6. The molecule has 1 heterocycles. The van der Waals surface area contributed by atoms with E-state index in [0.717, 1.165) is 13.1 Å². The number of nitrogens with zero attached hydrogens (tertiary/aromatic N) is 1. The molecule has 0 aromatic heterocycles. The van der Waals surface area contributed by atoms with E-state index in [1.165, 1.54) is 12.8 Å². The van der Waals surface area contributed by atoms with Crippen LogP contribution in [0.1, 0.15) is 12.8 Å².